The number of nitrogens with one attached hydrogen (secondary N) is 2. The van der Waals surface area contributed by atoms with Crippen LogP contribution in [0, 0.1) is 0 Å². The summed E-state index contributed by atoms with van der Waals surface area (Å²) in [7, 11) is 3.80. The number of benzene rings is 1. The Kier molecular flexibility index (Phi) is 6.42. The Balaban J connectivity index is 1.39. The van der Waals surface area contributed by atoms with Gasteiger partial charge in [0.25, 0.3) is 0 Å². The van der Waals surface area contributed by atoms with Crippen LogP contribution in [-0.4, -0.2) is 53.8 Å². The van der Waals surface area contributed by atoms with E-state index in [1.54, 1.807) is 0 Å². The number of thiocarbonyl (C=S) groups is 1. The topological polar surface area (TPSA) is 39.8 Å². The highest BCUT2D eigenvalue weighted by atomic mass is 32.1. The molecule has 0 radical (unpaired) electrons. The predicted molar refractivity (Wildman–Crippen MR) is 105 cm³/mol. The second kappa shape index (κ2) is 8.54. The normalized spacial score (nSPS) is 25.4. The van der Waals surface area contributed by atoms with Crippen molar-refractivity contribution in [3.8, 4) is 0 Å². The lowest BCUT2D eigenvalue weighted by molar-refractivity contribution is 0.233. The summed E-state index contributed by atoms with van der Waals surface area (Å²) < 4.78 is 11.1. The molecule has 2 fully saturated rings. The lowest BCUT2D eigenvalue weighted by atomic mass is 9.91. The van der Waals surface area contributed by atoms with Crippen molar-refractivity contribution in [2.45, 2.75) is 37.8 Å². The molecule has 24 heavy (non-hydrogen) atoms. The fourth-order valence-corrected chi connectivity index (χ4v) is 5.94. The number of nitrogens with zero attached hydrogens (tertiary/aromatic N) is 2. The monoisotopic (exact) mass is 366 g/mol. The first-order valence-electron chi connectivity index (χ1n) is 8.65. The molecule has 132 valence electrons. The molecule has 2 atom stereocenters. The zero-order valence-corrected chi connectivity index (χ0v) is 16.2. The average Bonchev–Trinajstić information content (AvgIpc) is 2.84. The molecule has 1 aliphatic heterocycles. The summed E-state index contributed by atoms with van der Waals surface area (Å²) in [6.07, 6.45) is 5.31. The van der Waals surface area contributed by atoms with Crippen LogP contribution in [-0.2, 0) is 4.52 Å². The Morgan fingerprint density at radius 2 is 1.79 bits per heavy atom. The number of rotatable bonds is 5. The van der Waals surface area contributed by atoms with E-state index in [4.69, 9.17) is 16.7 Å². The van der Waals surface area contributed by atoms with Crippen LogP contribution in [0.4, 0.5) is 5.69 Å². The lowest BCUT2D eigenvalue weighted by Gasteiger charge is -2.28. The Labute approximate surface area is 151 Å². The van der Waals surface area contributed by atoms with E-state index in [2.05, 4.69) is 34.1 Å². The smallest absolute Gasteiger partial charge is 0.188 e. The molecule has 0 bridgehead atoms. The predicted octanol–water partition coefficient (Wildman–Crippen LogP) is 3.40. The van der Waals surface area contributed by atoms with Gasteiger partial charge in [-0.1, -0.05) is 31.0 Å². The fraction of sp³-hybridized carbons (Fsp3) is 0.588. The summed E-state index contributed by atoms with van der Waals surface area (Å²) in [4.78, 5) is 0. The van der Waals surface area contributed by atoms with Gasteiger partial charge in [0.05, 0.1) is 6.61 Å². The molecule has 1 heterocycles. The van der Waals surface area contributed by atoms with Gasteiger partial charge in [-0.2, -0.15) is 0 Å². The van der Waals surface area contributed by atoms with E-state index in [1.165, 1.54) is 25.7 Å². The Morgan fingerprint density at radius 1 is 1.17 bits per heavy atom. The van der Waals surface area contributed by atoms with Crippen LogP contribution in [0.3, 0.4) is 0 Å². The highest BCUT2D eigenvalue weighted by Gasteiger charge is 2.45. The van der Waals surface area contributed by atoms with Crippen LogP contribution in [0.25, 0.3) is 0 Å². The van der Waals surface area contributed by atoms with Gasteiger partial charge in [-0.15, -0.1) is 0 Å². The summed E-state index contributed by atoms with van der Waals surface area (Å²) in [6, 6.07) is 11.3. The molecule has 0 aromatic heterocycles. The number of fused-ring (bicyclic) bond motifs is 1. The molecule has 0 unspecified atom stereocenters. The highest BCUT2D eigenvalue weighted by Crippen LogP contribution is 2.55. The van der Waals surface area contributed by atoms with Crippen molar-refractivity contribution in [1.82, 2.24) is 14.7 Å². The lowest BCUT2D eigenvalue weighted by Crippen LogP contribution is -2.37. The second-order valence-electron chi connectivity index (χ2n) is 6.40. The van der Waals surface area contributed by atoms with Crippen LogP contribution < -0.4 is 10.6 Å². The van der Waals surface area contributed by atoms with E-state index in [9.17, 15) is 0 Å². The summed E-state index contributed by atoms with van der Waals surface area (Å²) in [6.45, 7) is 1.38. The van der Waals surface area contributed by atoms with Crippen LogP contribution in [0.1, 0.15) is 25.7 Å². The van der Waals surface area contributed by atoms with E-state index in [0.29, 0.717) is 30.3 Å². The molecule has 0 amide bonds. The van der Waals surface area contributed by atoms with Crippen LogP contribution in [0.2, 0.25) is 0 Å². The maximum atomic E-state index is 6.19. The van der Waals surface area contributed by atoms with Gasteiger partial charge in [0.1, 0.15) is 0 Å². The first-order valence-corrected chi connectivity index (χ1v) is 10.2. The van der Waals surface area contributed by atoms with Crippen LogP contribution in [0.15, 0.2) is 30.3 Å². The first-order chi connectivity index (χ1) is 11.7. The first kappa shape index (κ1) is 18.0. The summed E-state index contributed by atoms with van der Waals surface area (Å²) in [5, 5.41) is 7.03. The van der Waals surface area contributed by atoms with Crippen molar-refractivity contribution in [2.24, 2.45) is 0 Å². The van der Waals surface area contributed by atoms with Crippen LogP contribution >= 0.6 is 20.7 Å². The van der Waals surface area contributed by atoms with Gasteiger partial charge in [0, 0.05) is 24.3 Å². The SMILES string of the molecule is CN1[C@@H]2CCCC[C@H]2N(C)P1OCCNC(=S)Nc1ccccc1. The minimum Gasteiger partial charge on any atom is -0.360 e. The minimum absolute atomic E-state index is 0.634. The van der Waals surface area contributed by atoms with Crippen molar-refractivity contribution in [1.29, 1.82) is 0 Å². The number of hydrogen-bond acceptors (Lipinski definition) is 4. The van der Waals surface area contributed by atoms with Gasteiger partial charge in [0.15, 0.2) is 13.6 Å². The molecule has 2 N–H and O–H groups in total. The molecular formula is C17H27N4OPS. The molecule has 0 spiro atoms. The number of hydrogen-bond donors (Lipinski definition) is 2. The molecular weight excluding hydrogens is 339 g/mol. The van der Waals surface area contributed by atoms with Gasteiger partial charge in [-0.25, -0.2) is 9.34 Å². The van der Waals surface area contributed by atoms with Gasteiger partial charge in [0.2, 0.25) is 0 Å². The fourth-order valence-electron chi connectivity index (χ4n) is 3.61. The third kappa shape index (κ3) is 4.24. The molecule has 2 aliphatic rings. The Morgan fingerprint density at radius 3 is 2.42 bits per heavy atom. The van der Waals surface area contributed by atoms with Gasteiger partial charge in [-0.3, -0.25) is 0 Å². The van der Waals surface area contributed by atoms with Gasteiger partial charge >= 0.3 is 0 Å². The molecule has 5 nitrogen and oxygen atoms in total. The molecule has 1 aromatic carbocycles. The third-order valence-electron chi connectivity index (χ3n) is 4.82. The van der Waals surface area contributed by atoms with Crippen molar-refractivity contribution in [3.05, 3.63) is 30.3 Å². The number of anilines is 1. The van der Waals surface area contributed by atoms with E-state index >= 15 is 0 Å². The largest absolute Gasteiger partial charge is 0.360 e. The molecule has 1 aromatic rings. The van der Waals surface area contributed by atoms with E-state index in [1.807, 2.05) is 30.3 Å². The molecule has 7 heteroatoms. The van der Waals surface area contributed by atoms with Crippen molar-refractivity contribution in [2.75, 3.05) is 32.6 Å². The van der Waals surface area contributed by atoms with Crippen molar-refractivity contribution >= 4 is 31.5 Å². The minimum atomic E-state index is -0.634. The third-order valence-corrected chi connectivity index (χ3v) is 7.15. The van der Waals surface area contributed by atoms with E-state index in [0.717, 1.165) is 5.69 Å². The Bertz CT molecular complexity index is 529. The molecule has 3 rings (SSSR count). The van der Waals surface area contributed by atoms with E-state index < -0.39 is 8.45 Å². The molecule has 1 saturated heterocycles. The zero-order valence-electron chi connectivity index (χ0n) is 14.4. The van der Waals surface area contributed by atoms with Gasteiger partial charge in [-0.05, 0) is 51.3 Å². The summed E-state index contributed by atoms with van der Waals surface area (Å²) in [5.41, 5.74) is 1.000. The number of likely N-dealkylation sites (N-methyl/N-ethyl adjacent to an activating group) is 2. The van der Waals surface area contributed by atoms with Crippen LogP contribution in [0.5, 0.6) is 0 Å². The maximum absolute atomic E-state index is 6.19. The van der Waals surface area contributed by atoms with Crippen molar-refractivity contribution < 1.29 is 4.52 Å². The summed E-state index contributed by atoms with van der Waals surface area (Å²) >= 11 is 5.32. The second-order valence-corrected chi connectivity index (χ2v) is 8.83. The average molecular weight is 366 g/mol. The Hall–Kier alpha value is -0.780. The van der Waals surface area contributed by atoms with E-state index in [-0.39, 0.29) is 0 Å². The van der Waals surface area contributed by atoms with Crippen molar-refractivity contribution in [3.63, 3.8) is 0 Å². The number of para-hydroxylation sites is 1. The molecule has 1 aliphatic carbocycles. The standard InChI is InChI=1S/C17H27N4OPS/c1-20-15-10-6-7-11-16(15)21(2)23(20)22-13-12-18-17(24)19-14-8-4-3-5-9-14/h3-5,8-9,15-16H,6-7,10-13H2,1-2H3,(H2,18,19,24)/t15-,16-/m1/s1. The maximum Gasteiger partial charge on any atom is 0.188 e. The van der Waals surface area contributed by atoms with Gasteiger partial charge < -0.3 is 15.2 Å². The quantitative estimate of drug-likeness (QED) is 0.473. The molecule has 1 saturated carbocycles. The summed E-state index contributed by atoms with van der Waals surface area (Å²) in [5.74, 6) is 0. The highest BCUT2D eigenvalue weighted by molar-refractivity contribution is 7.80. The zero-order chi connectivity index (χ0) is 16.9.